The van der Waals surface area contributed by atoms with E-state index >= 15 is 0 Å². The number of halogens is 1. The second-order valence-electron chi connectivity index (χ2n) is 4.14. The number of hydrogen-bond acceptors (Lipinski definition) is 3. The number of hydrogen-bond donors (Lipinski definition) is 2. The van der Waals surface area contributed by atoms with Crippen LogP contribution in [-0.2, 0) is 0 Å². The van der Waals surface area contributed by atoms with Gasteiger partial charge in [-0.25, -0.2) is 4.39 Å². The molecule has 0 radical (unpaired) electrons. The van der Waals surface area contributed by atoms with E-state index < -0.39 is 5.54 Å². The molecule has 1 atom stereocenters. The standard InChI is InChI=1S/C11H17FN2O/c1-11(13,8-15)7-14(2)10-5-3-9(12)4-6-10/h3-6,15H,7-8,13H2,1-2H3. The maximum atomic E-state index is 12.7. The number of nitrogens with two attached hydrogens (primary N) is 1. The van der Waals surface area contributed by atoms with Crippen LogP contribution in [0.5, 0.6) is 0 Å². The predicted molar refractivity (Wildman–Crippen MR) is 59.3 cm³/mol. The average Bonchev–Trinajstić information content (AvgIpc) is 2.18. The van der Waals surface area contributed by atoms with Crippen LogP contribution in [0.15, 0.2) is 24.3 Å². The molecule has 0 aromatic heterocycles. The minimum Gasteiger partial charge on any atom is -0.394 e. The number of rotatable bonds is 4. The Morgan fingerprint density at radius 3 is 2.40 bits per heavy atom. The van der Waals surface area contributed by atoms with Gasteiger partial charge in [-0.1, -0.05) is 0 Å². The van der Waals surface area contributed by atoms with E-state index in [-0.39, 0.29) is 12.4 Å². The van der Waals surface area contributed by atoms with Crippen molar-refractivity contribution in [3.63, 3.8) is 0 Å². The summed E-state index contributed by atoms with van der Waals surface area (Å²) in [6.07, 6.45) is 0. The van der Waals surface area contributed by atoms with E-state index in [1.165, 1.54) is 12.1 Å². The molecule has 0 amide bonds. The first-order valence-corrected chi connectivity index (χ1v) is 4.81. The third-order valence-corrected chi connectivity index (χ3v) is 2.23. The Kier molecular flexibility index (Phi) is 3.66. The molecule has 1 aromatic rings. The van der Waals surface area contributed by atoms with Crippen LogP contribution in [0.25, 0.3) is 0 Å². The van der Waals surface area contributed by atoms with E-state index in [9.17, 15) is 4.39 Å². The molecule has 0 bridgehead atoms. The largest absolute Gasteiger partial charge is 0.394 e. The minimum atomic E-state index is -0.650. The monoisotopic (exact) mass is 212 g/mol. The second-order valence-corrected chi connectivity index (χ2v) is 4.14. The highest BCUT2D eigenvalue weighted by Gasteiger charge is 2.19. The highest BCUT2D eigenvalue weighted by Crippen LogP contribution is 2.14. The lowest BCUT2D eigenvalue weighted by Crippen LogP contribution is -2.49. The van der Waals surface area contributed by atoms with Gasteiger partial charge in [0.1, 0.15) is 5.82 Å². The average molecular weight is 212 g/mol. The van der Waals surface area contributed by atoms with E-state index in [4.69, 9.17) is 10.8 Å². The van der Waals surface area contributed by atoms with Gasteiger partial charge in [0.25, 0.3) is 0 Å². The lowest BCUT2D eigenvalue weighted by molar-refractivity contribution is 0.212. The molecule has 0 aliphatic carbocycles. The molecule has 3 N–H and O–H groups in total. The minimum absolute atomic E-state index is 0.0848. The zero-order valence-corrected chi connectivity index (χ0v) is 9.07. The van der Waals surface area contributed by atoms with Gasteiger partial charge >= 0.3 is 0 Å². The molecule has 0 heterocycles. The number of aliphatic hydroxyl groups is 1. The first kappa shape index (κ1) is 11.9. The van der Waals surface area contributed by atoms with Gasteiger partial charge in [-0.05, 0) is 31.2 Å². The third kappa shape index (κ3) is 3.49. The molecule has 0 aliphatic heterocycles. The van der Waals surface area contributed by atoms with Gasteiger partial charge in [-0.2, -0.15) is 0 Å². The van der Waals surface area contributed by atoms with Crippen LogP contribution in [0.4, 0.5) is 10.1 Å². The second kappa shape index (κ2) is 4.59. The van der Waals surface area contributed by atoms with E-state index in [1.54, 1.807) is 19.1 Å². The number of benzene rings is 1. The molecule has 0 spiro atoms. The number of likely N-dealkylation sites (N-methyl/N-ethyl adjacent to an activating group) is 1. The van der Waals surface area contributed by atoms with Crippen molar-refractivity contribution in [1.82, 2.24) is 0 Å². The molecule has 0 saturated carbocycles. The maximum absolute atomic E-state index is 12.7. The molecule has 0 aliphatic rings. The molecule has 4 heteroatoms. The van der Waals surface area contributed by atoms with Gasteiger partial charge in [0.05, 0.1) is 12.1 Å². The third-order valence-electron chi connectivity index (χ3n) is 2.23. The summed E-state index contributed by atoms with van der Waals surface area (Å²) in [4.78, 5) is 1.88. The lowest BCUT2D eigenvalue weighted by atomic mass is 10.1. The fourth-order valence-electron chi connectivity index (χ4n) is 1.38. The number of nitrogens with zero attached hydrogens (tertiary/aromatic N) is 1. The Labute approximate surface area is 89.3 Å². The zero-order valence-electron chi connectivity index (χ0n) is 9.07. The van der Waals surface area contributed by atoms with Crippen LogP contribution >= 0.6 is 0 Å². The van der Waals surface area contributed by atoms with Gasteiger partial charge in [-0.15, -0.1) is 0 Å². The summed E-state index contributed by atoms with van der Waals surface area (Å²) >= 11 is 0. The van der Waals surface area contributed by atoms with Crippen LogP contribution in [0.2, 0.25) is 0 Å². The van der Waals surface area contributed by atoms with Crippen LogP contribution < -0.4 is 10.6 Å². The lowest BCUT2D eigenvalue weighted by Gasteiger charge is -2.29. The summed E-state index contributed by atoms with van der Waals surface area (Å²) in [5.74, 6) is -0.259. The van der Waals surface area contributed by atoms with Crippen molar-refractivity contribution in [2.24, 2.45) is 5.73 Å². The van der Waals surface area contributed by atoms with Crippen LogP contribution in [0.1, 0.15) is 6.92 Å². The Balaban J connectivity index is 2.69. The van der Waals surface area contributed by atoms with Crippen molar-refractivity contribution in [3.05, 3.63) is 30.1 Å². The molecule has 15 heavy (non-hydrogen) atoms. The van der Waals surface area contributed by atoms with Crippen LogP contribution in [0.3, 0.4) is 0 Å². The Morgan fingerprint density at radius 2 is 1.93 bits per heavy atom. The fraction of sp³-hybridized carbons (Fsp3) is 0.455. The van der Waals surface area contributed by atoms with E-state index in [0.717, 1.165) is 5.69 Å². The predicted octanol–water partition coefficient (Wildman–Crippen LogP) is 0.972. The highest BCUT2D eigenvalue weighted by molar-refractivity contribution is 5.45. The van der Waals surface area contributed by atoms with E-state index in [1.807, 2.05) is 11.9 Å². The molecule has 0 fully saturated rings. The Morgan fingerprint density at radius 1 is 1.40 bits per heavy atom. The van der Waals surface area contributed by atoms with Crippen molar-refractivity contribution >= 4 is 5.69 Å². The number of anilines is 1. The number of aliphatic hydroxyl groups excluding tert-OH is 1. The SMILES string of the molecule is CN(CC(C)(N)CO)c1ccc(F)cc1. The Hall–Kier alpha value is -1.13. The normalized spacial score (nSPS) is 14.7. The van der Waals surface area contributed by atoms with Crippen LogP contribution in [0, 0.1) is 5.82 Å². The first-order chi connectivity index (χ1) is 6.94. The summed E-state index contributed by atoms with van der Waals surface area (Å²) < 4.78 is 12.7. The van der Waals surface area contributed by atoms with E-state index in [2.05, 4.69) is 0 Å². The van der Waals surface area contributed by atoms with Crippen LogP contribution in [-0.4, -0.2) is 30.8 Å². The van der Waals surface area contributed by atoms with Gasteiger partial charge in [-0.3, -0.25) is 0 Å². The molecular weight excluding hydrogens is 195 g/mol. The summed E-state index contributed by atoms with van der Waals surface area (Å²) in [6, 6.07) is 6.17. The van der Waals surface area contributed by atoms with E-state index in [0.29, 0.717) is 6.54 Å². The summed E-state index contributed by atoms with van der Waals surface area (Å²) in [7, 11) is 1.86. The molecule has 0 saturated heterocycles. The van der Waals surface area contributed by atoms with Gasteiger partial charge < -0.3 is 15.7 Å². The maximum Gasteiger partial charge on any atom is 0.123 e. The highest BCUT2D eigenvalue weighted by atomic mass is 19.1. The molecule has 1 unspecified atom stereocenters. The van der Waals surface area contributed by atoms with Crippen molar-refractivity contribution in [3.8, 4) is 0 Å². The molecule has 3 nitrogen and oxygen atoms in total. The van der Waals surface area contributed by atoms with Gasteiger partial charge in [0.15, 0.2) is 0 Å². The molecule has 1 rings (SSSR count). The molecular formula is C11H17FN2O. The summed E-state index contributed by atoms with van der Waals surface area (Å²) in [5, 5.41) is 9.02. The van der Waals surface area contributed by atoms with Gasteiger partial charge in [0.2, 0.25) is 0 Å². The van der Waals surface area contributed by atoms with Gasteiger partial charge in [0, 0.05) is 19.3 Å². The van der Waals surface area contributed by atoms with Crippen molar-refractivity contribution in [2.75, 3.05) is 25.1 Å². The Bertz CT molecular complexity index is 311. The quantitative estimate of drug-likeness (QED) is 0.782. The smallest absolute Gasteiger partial charge is 0.123 e. The van der Waals surface area contributed by atoms with Crippen molar-refractivity contribution in [1.29, 1.82) is 0 Å². The summed E-state index contributed by atoms with van der Waals surface area (Å²) in [5.41, 5.74) is 6.05. The topological polar surface area (TPSA) is 49.5 Å². The summed E-state index contributed by atoms with van der Waals surface area (Å²) in [6.45, 7) is 2.20. The zero-order chi connectivity index (χ0) is 11.5. The molecule has 84 valence electrons. The van der Waals surface area contributed by atoms with Crippen molar-refractivity contribution in [2.45, 2.75) is 12.5 Å². The first-order valence-electron chi connectivity index (χ1n) is 4.81. The van der Waals surface area contributed by atoms with Crippen molar-refractivity contribution < 1.29 is 9.50 Å². The molecule has 1 aromatic carbocycles. The fourth-order valence-corrected chi connectivity index (χ4v) is 1.38.